The van der Waals surface area contributed by atoms with Crippen LogP contribution < -0.4 is 4.74 Å². The molecule has 0 saturated carbocycles. The monoisotopic (exact) mass is 246 g/mol. The Hall–Kier alpha value is -2.70. The quantitative estimate of drug-likeness (QED) is 0.781. The Morgan fingerprint density at radius 1 is 1.39 bits per heavy atom. The number of hydrogen-bond acceptors (Lipinski definition) is 5. The summed E-state index contributed by atoms with van der Waals surface area (Å²) >= 11 is 0. The SMILES string of the molecule is O=C(O)COc1ccccc1/C=N\n1cnnc1. The summed E-state index contributed by atoms with van der Waals surface area (Å²) in [6.07, 6.45) is 4.43. The number of carboxylic acid groups (broad SMARTS) is 1. The summed E-state index contributed by atoms with van der Waals surface area (Å²) < 4.78 is 6.56. The second-order valence-electron chi connectivity index (χ2n) is 3.31. The molecule has 1 aromatic heterocycles. The van der Waals surface area contributed by atoms with Crippen molar-refractivity contribution in [2.45, 2.75) is 0 Å². The summed E-state index contributed by atoms with van der Waals surface area (Å²) in [7, 11) is 0. The van der Waals surface area contributed by atoms with E-state index in [-0.39, 0.29) is 0 Å². The summed E-state index contributed by atoms with van der Waals surface area (Å²) in [6, 6.07) is 7.01. The van der Waals surface area contributed by atoms with Gasteiger partial charge in [0.2, 0.25) is 0 Å². The first-order valence-corrected chi connectivity index (χ1v) is 5.08. The molecule has 0 unspecified atom stereocenters. The van der Waals surface area contributed by atoms with E-state index < -0.39 is 12.6 Å². The van der Waals surface area contributed by atoms with Crippen molar-refractivity contribution < 1.29 is 14.6 Å². The van der Waals surface area contributed by atoms with Crippen molar-refractivity contribution in [2.24, 2.45) is 5.10 Å². The molecule has 0 fully saturated rings. The zero-order valence-electron chi connectivity index (χ0n) is 9.30. The van der Waals surface area contributed by atoms with E-state index in [9.17, 15) is 4.79 Å². The first-order chi connectivity index (χ1) is 8.75. The molecule has 0 aliphatic carbocycles. The molecule has 7 heteroatoms. The highest BCUT2D eigenvalue weighted by Gasteiger charge is 2.03. The first-order valence-electron chi connectivity index (χ1n) is 5.08. The molecule has 0 aliphatic heterocycles. The van der Waals surface area contributed by atoms with E-state index >= 15 is 0 Å². The Bertz CT molecular complexity index is 551. The Morgan fingerprint density at radius 3 is 2.83 bits per heavy atom. The molecule has 1 N–H and O–H groups in total. The van der Waals surface area contributed by atoms with Gasteiger partial charge in [-0.25, -0.2) is 9.47 Å². The van der Waals surface area contributed by atoms with Crippen LogP contribution in [0.25, 0.3) is 0 Å². The highest BCUT2D eigenvalue weighted by molar-refractivity contribution is 5.83. The Morgan fingerprint density at radius 2 is 2.11 bits per heavy atom. The second-order valence-corrected chi connectivity index (χ2v) is 3.31. The molecule has 18 heavy (non-hydrogen) atoms. The molecule has 1 heterocycles. The van der Waals surface area contributed by atoms with E-state index in [1.165, 1.54) is 17.3 Å². The third-order valence-corrected chi connectivity index (χ3v) is 2.01. The first kappa shape index (κ1) is 11.8. The Labute approximate surface area is 102 Å². The lowest BCUT2D eigenvalue weighted by Crippen LogP contribution is -2.10. The molecule has 0 atom stereocenters. The maximum atomic E-state index is 10.4. The van der Waals surface area contributed by atoms with Crippen LogP contribution in [-0.2, 0) is 4.79 Å². The minimum Gasteiger partial charge on any atom is -0.481 e. The molecule has 0 bridgehead atoms. The van der Waals surface area contributed by atoms with Crippen molar-refractivity contribution in [3.05, 3.63) is 42.5 Å². The van der Waals surface area contributed by atoms with Crippen LogP contribution in [0, 0.1) is 0 Å². The van der Waals surface area contributed by atoms with Gasteiger partial charge in [0.15, 0.2) is 6.61 Å². The lowest BCUT2D eigenvalue weighted by Gasteiger charge is -2.05. The van der Waals surface area contributed by atoms with Crippen LogP contribution in [0.4, 0.5) is 0 Å². The zero-order valence-corrected chi connectivity index (χ0v) is 9.30. The van der Waals surface area contributed by atoms with Crippen LogP contribution in [0.3, 0.4) is 0 Å². The van der Waals surface area contributed by atoms with Crippen molar-refractivity contribution in [3.63, 3.8) is 0 Å². The molecule has 0 radical (unpaired) electrons. The van der Waals surface area contributed by atoms with Gasteiger partial charge in [-0.1, -0.05) is 12.1 Å². The van der Waals surface area contributed by atoms with Crippen LogP contribution in [-0.4, -0.2) is 38.8 Å². The maximum absolute atomic E-state index is 10.4. The molecular formula is C11H10N4O3. The van der Waals surface area contributed by atoms with E-state index in [2.05, 4.69) is 15.3 Å². The van der Waals surface area contributed by atoms with E-state index in [0.717, 1.165) is 0 Å². The number of hydrogen-bond donors (Lipinski definition) is 1. The molecular weight excluding hydrogens is 236 g/mol. The number of para-hydroxylation sites is 1. The molecule has 92 valence electrons. The average Bonchev–Trinajstić information content (AvgIpc) is 2.88. The van der Waals surface area contributed by atoms with Gasteiger partial charge in [0.25, 0.3) is 0 Å². The number of benzene rings is 1. The fourth-order valence-electron chi connectivity index (χ4n) is 1.24. The Balaban J connectivity index is 2.14. The van der Waals surface area contributed by atoms with Crippen LogP contribution in [0.15, 0.2) is 42.0 Å². The van der Waals surface area contributed by atoms with Crippen LogP contribution in [0.2, 0.25) is 0 Å². The summed E-state index contributed by atoms with van der Waals surface area (Å²) in [5, 5.41) is 19.8. The largest absolute Gasteiger partial charge is 0.481 e. The average molecular weight is 246 g/mol. The zero-order chi connectivity index (χ0) is 12.8. The Kier molecular flexibility index (Phi) is 3.65. The minimum absolute atomic E-state index is 0.391. The predicted octanol–water partition coefficient (Wildman–Crippen LogP) is 0.624. The molecule has 0 aliphatic rings. The van der Waals surface area contributed by atoms with E-state index in [4.69, 9.17) is 9.84 Å². The third-order valence-electron chi connectivity index (χ3n) is 2.01. The van der Waals surface area contributed by atoms with Gasteiger partial charge >= 0.3 is 5.97 Å². The van der Waals surface area contributed by atoms with Gasteiger partial charge in [0.1, 0.15) is 18.4 Å². The fraction of sp³-hybridized carbons (Fsp3) is 0.0909. The molecule has 0 amide bonds. The predicted molar refractivity (Wildman–Crippen MR) is 62.6 cm³/mol. The van der Waals surface area contributed by atoms with E-state index in [1.54, 1.807) is 30.5 Å². The molecule has 7 nitrogen and oxygen atoms in total. The van der Waals surface area contributed by atoms with Gasteiger partial charge in [-0.15, -0.1) is 10.2 Å². The minimum atomic E-state index is -1.03. The van der Waals surface area contributed by atoms with E-state index in [0.29, 0.717) is 11.3 Å². The van der Waals surface area contributed by atoms with Crippen molar-refractivity contribution in [1.82, 2.24) is 14.9 Å². The number of carboxylic acids is 1. The smallest absolute Gasteiger partial charge is 0.341 e. The number of ether oxygens (including phenoxy) is 1. The lowest BCUT2D eigenvalue weighted by molar-refractivity contribution is -0.139. The number of aliphatic carboxylic acids is 1. The summed E-state index contributed by atoms with van der Waals surface area (Å²) in [5.74, 6) is -0.572. The van der Waals surface area contributed by atoms with E-state index in [1.807, 2.05) is 0 Å². The topological polar surface area (TPSA) is 89.6 Å². The number of carbonyl (C=O) groups is 1. The van der Waals surface area contributed by atoms with Gasteiger partial charge in [-0.05, 0) is 12.1 Å². The highest BCUT2D eigenvalue weighted by atomic mass is 16.5. The third kappa shape index (κ3) is 3.14. The molecule has 1 aromatic carbocycles. The van der Waals surface area contributed by atoms with Crippen molar-refractivity contribution >= 4 is 12.2 Å². The van der Waals surface area contributed by atoms with Gasteiger partial charge in [-0.2, -0.15) is 5.10 Å². The molecule has 2 rings (SSSR count). The number of rotatable bonds is 5. The summed E-state index contributed by atoms with van der Waals surface area (Å²) in [5.41, 5.74) is 0.674. The number of nitrogens with zero attached hydrogens (tertiary/aromatic N) is 4. The van der Waals surface area contributed by atoms with Gasteiger partial charge in [0.05, 0.1) is 6.21 Å². The van der Waals surface area contributed by atoms with Crippen molar-refractivity contribution in [2.75, 3.05) is 6.61 Å². The standard InChI is InChI=1S/C11H10N4O3/c16-11(17)6-18-10-4-2-1-3-9(10)5-14-15-7-12-13-8-15/h1-5,7-8H,6H2,(H,16,17)/b14-5-. The second kappa shape index (κ2) is 5.58. The summed E-state index contributed by atoms with van der Waals surface area (Å²) in [4.78, 5) is 10.4. The highest BCUT2D eigenvalue weighted by Crippen LogP contribution is 2.15. The molecule has 0 saturated heterocycles. The maximum Gasteiger partial charge on any atom is 0.341 e. The number of aromatic nitrogens is 3. The van der Waals surface area contributed by atoms with Crippen LogP contribution >= 0.6 is 0 Å². The lowest BCUT2D eigenvalue weighted by atomic mass is 10.2. The van der Waals surface area contributed by atoms with Crippen molar-refractivity contribution in [1.29, 1.82) is 0 Å². The van der Waals surface area contributed by atoms with Crippen molar-refractivity contribution in [3.8, 4) is 5.75 Å². The van der Waals surface area contributed by atoms with Gasteiger partial charge in [0, 0.05) is 5.56 Å². The van der Waals surface area contributed by atoms with Crippen LogP contribution in [0.1, 0.15) is 5.56 Å². The fourth-order valence-corrected chi connectivity index (χ4v) is 1.24. The van der Waals surface area contributed by atoms with Gasteiger partial charge in [-0.3, -0.25) is 0 Å². The molecule has 2 aromatic rings. The summed E-state index contributed by atoms with van der Waals surface area (Å²) in [6.45, 7) is -0.391. The van der Waals surface area contributed by atoms with Gasteiger partial charge < -0.3 is 9.84 Å². The van der Waals surface area contributed by atoms with Crippen LogP contribution in [0.5, 0.6) is 5.75 Å². The molecule has 0 spiro atoms. The normalized spacial score (nSPS) is 10.7.